The van der Waals surface area contributed by atoms with E-state index in [1.54, 1.807) is 7.11 Å². The number of hydrogen-bond acceptors (Lipinski definition) is 2. The Morgan fingerprint density at radius 1 is 1.21 bits per heavy atom. The first-order valence-corrected chi connectivity index (χ1v) is 6.68. The summed E-state index contributed by atoms with van der Waals surface area (Å²) in [6, 6.07) is 3.65. The van der Waals surface area contributed by atoms with Crippen molar-refractivity contribution in [1.82, 2.24) is 5.32 Å². The maximum absolute atomic E-state index is 13.2. The molecule has 0 aliphatic carbocycles. The third kappa shape index (κ3) is 4.25. The van der Waals surface area contributed by atoms with Crippen molar-refractivity contribution >= 4 is 0 Å². The average Bonchev–Trinajstić information content (AvgIpc) is 2.36. The molecule has 1 rings (SSSR count). The van der Waals surface area contributed by atoms with Gasteiger partial charge in [0, 0.05) is 19.2 Å². The second-order valence-electron chi connectivity index (χ2n) is 4.96. The van der Waals surface area contributed by atoms with Crippen molar-refractivity contribution in [1.29, 1.82) is 0 Å². The van der Waals surface area contributed by atoms with Crippen LogP contribution in [0.25, 0.3) is 0 Å². The summed E-state index contributed by atoms with van der Waals surface area (Å²) < 4.78 is 32.1. The number of likely N-dealkylation sites (N-methyl/N-ethyl adjacent to an activating group) is 1. The monoisotopic (exact) mass is 271 g/mol. The first-order chi connectivity index (χ1) is 8.95. The summed E-state index contributed by atoms with van der Waals surface area (Å²) >= 11 is 0. The topological polar surface area (TPSA) is 21.3 Å². The molecule has 0 aliphatic heterocycles. The number of ether oxygens (including phenoxy) is 1. The van der Waals surface area contributed by atoms with E-state index in [9.17, 15) is 8.78 Å². The lowest BCUT2D eigenvalue weighted by Crippen LogP contribution is -2.51. The maximum atomic E-state index is 13.2. The highest BCUT2D eigenvalue weighted by molar-refractivity contribution is 5.20. The van der Waals surface area contributed by atoms with Crippen molar-refractivity contribution in [3.8, 4) is 0 Å². The molecule has 0 heterocycles. The average molecular weight is 271 g/mol. The second kappa shape index (κ2) is 6.96. The van der Waals surface area contributed by atoms with Crippen LogP contribution in [0.5, 0.6) is 0 Å². The van der Waals surface area contributed by atoms with Crippen LogP contribution in [-0.4, -0.2) is 25.3 Å². The Morgan fingerprint density at radius 3 is 2.21 bits per heavy atom. The Labute approximate surface area is 114 Å². The van der Waals surface area contributed by atoms with Crippen LogP contribution in [0, 0.1) is 11.6 Å². The molecule has 0 saturated carbocycles. The van der Waals surface area contributed by atoms with Crippen LogP contribution in [-0.2, 0) is 11.2 Å². The van der Waals surface area contributed by atoms with E-state index in [4.69, 9.17) is 4.74 Å². The molecule has 0 amide bonds. The van der Waals surface area contributed by atoms with Gasteiger partial charge in [0.2, 0.25) is 0 Å². The minimum atomic E-state index is -0.541. The van der Waals surface area contributed by atoms with Crippen LogP contribution in [0.1, 0.15) is 32.8 Å². The molecule has 2 unspecified atom stereocenters. The molecule has 2 atom stereocenters. The van der Waals surface area contributed by atoms with Gasteiger partial charge in [-0.1, -0.05) is 13.8 Å². The van der Waals surface area contributed by atoms with E-state index in [2.05, 4.69) is 5.32 Å². The fraction of sp³-hybridized carbons (Fsp3) is 0.600. The summed E-state index contributed by atoms with van der Waals surface area (Å²) in [6.45, 7) is 6.84. The number of nitrogens with one attached hydrogen (secondary N) is 1. The van der Waals surface area contributed by atoms with E-state index in [1.807, 2.05) is 20.8 Å². The normalized spacial score (nSPS) is 16.1. The highest BCUT2D eigenvalue weighted by Crippen LogP contribution is 2.23. The van der Waals surface area contributed by atoms with Gasteiger partial charge in [-0.25, -0.2) is 8.78 Å². The summed E-state index contributed by atoms with van der Waals surface area (Å²) in [5, 5.41) is 3.34. The molecule has 1 aromatic rings. The minimum Gasteiger partial charge on any atom is -0.377 e. The van der Waals surface area contributed by atoms with Gasteiger partial charge in [-0.2, -0.15) is 0 Å². The maximum Gasteiger partial charge on any atom is 0.126 e. The van der Waals surface area contributed by atoms with Gasteiger partial charge in [0.05, 0.1) is 5.60 Å². The molecule has 0 aliphatic rings. The molecule has 0 fully saturated rings. The molecule has 2 nitrogen and oxygen atoms in total. The first kappa shape index (κ1) is 16.1. The second-order valence-corrected chi connectivity index (χ2v) is 4.96. The largest absolute Gasteiger partial charge is 0.377 e. The number of halogens is 2. The predicted octanol–water partition coefficient (Wildman–Crippen LogP) is 3.30. The van der Waals surface area contributed by atoms with Gasteiger partial charge >= 0.3 is 0 Å². The molecule has 1 aromatic carbocycles. The van der Waals surface area contributed by atoms with Crippen LogP contribution in [0.3, 0.4) is 0 Å². The van der Waals surface area contributed by atoms with Gasteiger partial charge in [0.15, 0.2) is 0 Å². The number of rotatable bonds is 7. The van der Waals surface area contributed by atoms with Crippen LogP contribution in [0.15, 0.2) is 18.2 Å². The quantitative estimate of drug-likeness (QED) is 0.821. The van der Waals surface area contributed by atoms with Gasteiger partial charge in [-0.05, 0) is 44.0 Å². The van der Waals surface area contributed by atoms with Crippen LogP contribution < -0.4 is 5.32 Å². The smallest absolute Gasteiger partial charge is 0.126 e. The number of methoxy groups -OCH3 is 1. The molecule has 0 radical (unpaired) electrons. The molecule has 19 heavy (non-hydrogen) atoms. The third-order valence-corrected chi connectivity index (χ3v) is 3.72. The first-order valence-electron chi connectivity index (χ1n) is 6.68. The van der Waals surface area contributed by atoms with Crippen molar-refractivity contribution in [3.63, 3.8) is 0 Å². The molecule has 4 heteroatoms. The Bertz CT molecular complexity index is 385. The molecular weight excluding hydrogens is 248 g/mol. The molecule has 0 saturated heterocycles. The predicted molar refractivity (Wildman–Crippen MR) is 73.2 cm³/mol. The van der Waals surface area contributed by atoms with Crippen molar-refractivity contribution in [2.45, 2.75) is 45.3 Å². The lowest BCUT2D eigenvalue weighted by atomic mass is 9.88. The summed E-state index contributed by atoms with van der Waals surface area (Å²) in [5.74, 6) is -1.08. The Balaban J connectivity index is 2.94. The number of hydrogen-bond donors (Lipinski definition) is 1. The van der Waals surface area contributed by atoms with E-state index in [-0.39, 0.29) is 11.6 Å². The number of benzene rings is 1. The molecular formula is C15H23F2NO. The zero-order valence-electron chi connectivity index (χ0n) is 12.1. The Morgan fingerprint density at radius 2 is 1.79 bits per heavy atom. The minimum absolute atomic E-state index is 0.00806. The van der Waals surface area contributed by atoms with Crippen LogP contribution in [0.4, 0.5) is 8.78 Å². The van der Waals surface area contributed by atoms with Gasteiger partial charge in [0.1, 0.15) is 11.6 Å². The highest BCUT2D eigenvalue weighted by atomic mass is 19.1. The van der Waals surface area contributed by atoms with Gasteiger partial charge < -0.3 is 10.1 Å². The third-order valence-electron chi connectivity index (χ3n) is 3.72. The van der Waals surface area contributed by atoms with Crippen LogP contribution in [0.2, 0.25) is 0 Å². The molecule has 108 valence electrons. The van der Waals surface area contributed by atoms with E-state index in [1.165, 1.54) is 12.1 Å². The summed E-state index contributed by atoms with van der Waals surface area (Å²) in [4.78, 5) is 0. The van der Waals surface area contributed by atoms with Gasteiger partial charge in [-0.15, -0.1) is 0 Å². The summed E-state index contributed by atoms with van der Waals surface area (Å²) in [7, 11) is 1.67. The summed E-state index contributed by atoms with van der Waals surface area (Å²) in [6.07, 6.45) is 1.35. The SMILES string of the molecule is CCNC(Cc1cc(F)cc(F)c1)C(C)(CC)OC. The van der Waals surface area contributed by atoms with Crippen molar-refractivity contribution in [2.75, 3.05) is 13.7 Å². The highest BCUT2D eigenvalue weighted by Gasteiger charge is 2.32. The fourth-order valence-electron chi connectivity index (χ4n) is 2.25. The summed E-state index contributed by atoms with van der Waals surface area (Å²) in [5.41, 5.74) is 0.277. The lowest BCUT2D eigenvalue weighted by molar-refractivity contribution is -0.0284. The fourth-order valence-corrected chi connectivity index (χ4v) is 2.25. The Kier molecular flexibility index (Phi) is 5.88. The van der Waals surface area contributed by atoms with Gasteiger partial charge in [0.25, 0.3) is 0 Å². The molecule has 0 bridgehead atoms. The van der Waals surface area contributed by atoms with Gasteiger partial charge in [-0.3, -0.25) is 0 Å². The van der Waals surface area contributed by atoms with Crippen molar-refractivity contribution < 1.29 is 13.5 Å². The lowest BCUT2D eigenvalue weighted by Gasteiger charge is -2.36. The van der Waals surface area contributed by atoms with E-state index < -0.39 is 11.6 Å². The van der Waals surface area contributed by atoms with Crippen molar-refractivity contribution in [2.24, 2.45) is 0 Å². The zero-order chi connectivity index (χ0) is 14.5. The van der Waals surface area contributed by atoms with Crippen LogP contribution >= 0.6 is 0 Å². The van der Waals surface area contributed by atoms with E-state index in [0.29, 0.717) is 12.0 Å². The Hall–Kier alpha value is -1.00. The van der Waals surface area contributed by atoms with E-state index in [0.717, 1.165) is 19.0 Å². The van der Waals surface area contributed by atoms with Crippen molar-refractivity contribution in [3.05, 3.63) is 35.4 Å². The molecule has 0 aromatic heterocycles. The molecule has 0 spiro atoms. The van der Waals surface area contributed by atoms with E-state index >= 15 is 0 Å². The zero-order valence-corrected chi connectivity index (χ0v) is 12.1. The molecule has 1 N–H and O–H groups in total. The standard InChI is InChI=1S/C15H23F2NO/c1-5-15(3,19-4)14(18-6-2)9-11-7-12(16)10-13(17)8-11/h7-8,10,14,18H,5-6,9H2,1-4H3.